The molecule has 1 saturated heterocycles. The molecular formula is C15H21ClN2O3S. The van der Waals surface area contributed by atoms with Gasteiger partial charge in [-0.1, -0.05) is 17.7 Å². The van der Waals surface area contributed by atoms with Crippen molar-refractivity contribution in [3.05, 3.63) is 29.3 Å². The Morgan fingerprint density at radius 3 is 2.50 bits per heavy atom. The molecule has 122 valence electrons. The van der Waals surface area contributed by atoms with Crippen molar-refractivity contribution in [2.45, 2.75) is 37.6 Å². The van der Waals surface area contributed by atoms with E-state index in [1.54, 1.807) is 18.2 Å². The molecule has 1 N–H and O–H groups in total. The minimum atomic E-state index is -3.54. The fraction of sp³-hybridized carbons (Fsp3) is 0.533. The summed E-state index contributed by atoms with van der Waals surface area (Å²) in [5, 5.41) is 3.28. The summed E-state index contributed by atoms with van der Waals surface area (Å²) in [6.07, 6.45) is 1.08. The van der Waals surface area contributed by atoms with Crippen LogP contribution in [-0.2, 0) is 14.8 Å². The topological polar surface area (TPSA) is 66.5 Å². The third-order valence-corrected chi connectivity index (χ3v) is 5.82. The Labute approximate surface area is 136 Å². The van der Waals surface area contributed by atoms with Crippen molar-refractivity contribution in [1.29, 1.82) is 0 Å². The lowest BCUT2D eigenvalue weighted by molar-refractivity contribution is -0.126. The molecular weight excluding hydrogens is 324 g/mol. The lowest BCUT2D eigenvalue weighted by Crippen LogP contribution is -2.44. The number of nitrogens with zero attached hydrogens (tertiary/aromatic N) is 1. The average Bonchev–Trinajstić information content (AvgIpc) is 2.46. The van der Waals surface area contributed by atoms with Gasteiger partial charge in [0.25, 0.3) is 0 Å². The minimum Gasteiger partial charge on any atom is -0.354 e. The summed E-state index contributed by atoms with van der Waals surface area (Å²) in [5.41, 5.74) is 0. The highest BCUT2D eigenvalue weighted by Gasteiger charge is 2.32. The molecule has 1 aromatic carbocycles. The van der Waals surface area contributed by atoms with Gasteiger partial charge in [-0.3, -0.25) is 4.79 Å². The summed E-state index contributed by atoms with van der Waals surface area (Å²) in [7, 11) is -3.54. The first kappa shape index (κ1) is 17.2. The molecule has 0 saturated carbocycles. The van der Waals surface area contributed by atoms with Crippen molar-refractivity contribution in [2.24, 2.45) is 5.92 Å². The molecule has 2 rings (SSSR count). The quantitative estimate of drug-likeness (QED) is 0.911. The minimum absolute atomic E-state index is 0.00908. The highest BCUT2D eigenvalue weighted by Crippen LogP contribution is 2.25. The summed E-state index contributed by atoms with van der Waals surface area (Å²) in [6, 6.07) is 6.36. The van der Waals surface area contributed by atoms with E-state index >= 15 is 0 Å². The van der Waals surface area contributed by atoms with Gasteiger partial charge in [0.2, 0.25) is 15.9 Å². The summed E-state index contributed by atoms with van der Waals surface area (Å²) in [6.45, 7) is 4.53. The molecule has 1 fully saturated rings. The monoisotopic (exact) mass is 344 g/mol. The van der Waals surface area contributed by atoms with E-state index in [1.807, 2.05) is 13.8 Å². The molecule has 0 unspecified atom stereocenters. The predicted octanol–water partition coefficient (Wildman–Crippen LogP) is 2.27. The number of rotatable bonds is 4. The van der Waals surface area contributed by atoms with Crippen molar-refractivity contribution in [3.8, 4) is 0 Å². The van der Waals surface area contributed by atoms with Crippen LogP contribution in [0, 0.1) is 5.92 Å². The number of piperidine rings is 1. The van der Waals surface area contributed by atoms with E-state index in [9.17, 15) is 13.2 Å². The van der Waals surface area contributed by atoms with Gasteiger partial charge in [0.15, 0.2) is 0 Å². The lowest BCUT2D eigenvalue weighted by Gasteiger charge is -2.31. The molecule has 0 bridgehead atoms. The van der Waals surface area contributed by atoms with Crippen molar-refractivity contribution in [1.82, 2.24) is 9.62 Å². The van der Waals surface area contributed by atoms with E-state index < -0.39 is 10.0 Å². The molecule has 22 heavy (non-hydrogen) atoms. The second kappa shape index (κ2) is 6.98. The summed E-state index contributed by atoms with van der Waals surface area (Å²) in [5.74, 6) is -0.108. The highest BCUT2D eigenvalue weighted by atomic mass is 35.5. The zero-order valence-corrected chi connectivity index (χ0v) is 14.3. The van der Waals surface area contributed by atoms with E-state index in [1.165, 1.54) is 10.4 Å². The van der Waals surface area contributed by atoms with Crippen molar-refractivity contribution >= 4 is 27.5 Å². The number of amides is 1. The number of carbonyl (C=O) groups excluding carboxylic acids is 1. The van der Waals surface area contributed by atoms with Gasteiger partial charge in [-0.05, 0) is 44.9 Å². The van der Waals surface area contributed by atoms with Crippen LogP contribution in [-0.4, -0.2) is 37.8 Å². The van der Waals surface area contributed by atoms with Crippen LogP contribution in [0.3, 0.4) is 0 Å². The Kier molecular flexibility index (Phi) is 5.47. The van der Waals surface area contributed by atoms with Gasteiger partial charge in [0, 0.05) is 30.1 Å². The van der Waals surface area contributed by atoms with Gasteiger partial charge in [-0.15, -0.1) is 0 Å². The third-order valence-electron chi connectivity index (χ3n) is 3.69. The largest absolute Gasteiger partial charge is 0.354 e. The van der Waals surface area contributed by atoms with Crippen LogP contribution < -0.4 is 5.32 Å². The second-order valence-corrected chi connectivity index (χ2v) is 8.17. The molecule has 1 aliphatic rings. The van der Waals surface area contributed by atoms with E-state index in [4.69, 9.17) is 11.6 Å². The molecule has 1 heterocycles. The maximum atomic E-state index is 12.6. The molecule has 7 heteroatoms. The Hall–Kier alpha value is -1.11. The molecule has 0 aromatic heterocycles. The van der Waals surface area contributed by atoms with Crippen molar-refractivity contribution in [3.63, 3.8) is 0 Å². The first-order valence-electron chi connectivity index (χ1n) is 7.37. The van der Waals surface area contributed by atoms with Crippen LogP contribution in [0.25, 0.3) is 0 Å². The standard InChI is InChI=1S/C15H21ClN2O3S/c1-11(2)17-15(19)12-6-8-18(9-7-12)22(20,21)14-5-3-4-13(16)10-14/h3-5,10-12H,6-9H2,1-2H3,(H,17,19). The van der Waals surface area contributed by atoms with E-state index in [0.29, 0.717) is 31.0 Å². The predicted molar refractivity (Wildman–Crippen MR) is 86.2 cm³/mol. The molecule has 1 aromatic rings. The number of hydrogen-bond acceptors (Lipinski definition) is 3. The second-order valence-electron chi connectivity index (χ2n) is 5.80. The van der Waals surface area contributed by atoms with E-state index in [-0.39, 0.29) is 22.8 Å². The fourth-order valence-corrected chi connectivity index (χ4v) is 4.31. The van der Waals surface area contributed by atoms with Gasteiger partial charge in [-0.2, -0.15) is 4.31 Å². The van der Waals surface area contributed by atoms with Gasteiger partial charge < -0.3 is 5.32 Å². The van der Waals surface area contributed by atoms with E-state index in [2.05, 4.69) is 5.32 Å². The van der Waals surface area contributed by atoms with Gasteiger partial charge in [0.1, 0.15) is 0 Å². The molecule has 0 radical (unpaired) electrons. The lowest BCUT2D eigenvalue weighted by atomic mass is 9.97. The molecule has 1 aliphatic heterocycles. The zero-order chi connectivity index (χ0) is 16.3. The van der Waals surface area contributed by atoms with Crippen LogP contribution in [0.4, 0.5) is 0 Å². The number of nitrogens with one attached hydrogen (secondary N) is 1. The zero-order valence-electron chi connectivity index (χ0n) is 12.8. The number of benzene rings is 1. The first-order chi connectivity index (χ1) is 10.3. The van der Waals surface area contributed by atoms with Crippen molar-refractivity contribution < 1.29 is 13.2 Å². The van der Waals surface area contributed by atoms with Crippen LogP contribution in [0.2, 0.25) is 5.02 Å². The maximum Gasteiger partial charge on any atom is 0.243 e. The molecule has 5 nitrogen and oxygen atoms in total. The molecule has 0 atom stereocenters. The summed E-state index contributed by atoms with van der Waals surface area (Å²) >= 11 is 5.87. The van der Waals surface area contributed by atoms with Crippen LogP contribution >= 0.6 is 11.6 Å². The van der Waals surface area contributed by atoms with Crippen LogP contribution in [0.5, 0.6) is 0 Å². The maximum absolute atomic E-state index is 12.6. The normalized spacial score (nSPS) is 17.6. The fourth-order valence-electron chi connectivity index (χ4n) is 2.54. The number of halogens is 1. The third kappa shape index (κ3) is 4.00. The average molecular weight is 345 g/mol. The number of sulfonamides is 1. The SMILES string of the molecule is CC(C)NC(=O)C1CCN(S(=O)(=O)c2cccc(Cl)c2)CC1. The Morgan fingerprint density at radius 1 is 1.32 bits per heavy atom. The number of carbonyl (C=O) groups is 1. The Bertz CT molecular complexity index is 638. The van der Waals surface area contributed by atoms with Crippen LogP contribution in [0.15, 0.2) is 29.2 Å². The smallest absolute Gasteiger partial charge is 0.243 e. The highest BCUT2D eigenvalue weighted by molar-refractivity contribution is 7.89. The Balaban J connectivity index is 2.03. The van der Waals surface area contributed by atoms with Gasteiger partial charge in [0.05, 0.1) is 4.90 Å². The van der Waals surface area contributed by atoms with Crippen molar-refractivity contribution in [2.75, 3.05) is 13.1 Å². The Morgan fingerprint density at radius 2 is 1.95 bits per heavy atom. The molecule has 1 amide bonds. The molecule has 0 spiro atoms. The molecule has 0 aliphatic carbocycles. The van der Waals surface area contributed by atoms with Crippen LogP contribution in [0.1, 0.15) is 26.7 Å². The first-order valence-corrected chi connectivity index (χ1v) is 9.18. The number of hydrogen-bond donors (Lipinski definition) is 1. The van der Waals surface area contributed by atoms with Gasteiger partial charge in [-0.25, -0.2) is 8.42 Å². The van der Waals surface area contributed by atoms with Gasteiger partial charge >= 0.3 is 0 Å². The summed E-state index contributed by atoms with van der Waals surface area (Å²) < 4.78 is 26.5. The summed E-state index contributed by atoms with van der Waals surface area (Å²) in [4.78, 5) is 12.2. The van der Waals surface area contributed by atoms with E-state index in [0.717, 1.165) is 0 Å².